The third-order valence-corrected chi connectivity index (χ3v) is 7.08. The maximum Gasteiger partial charge on any atom is 0.266 e. The first-order valence-corrected chi connectivity index (χ1v) is 12.2. The van der Waals surface area contributed by atoms with Crippen molar-refractivity contribution in [3.63, 3.8) is 0 Å². The number of H-pyrrole nitrogens is 1. The summed E-state index contributed by atoms with van der Waals surface area (Å²) in [6, 6.07) is 20.3. The SMILES string of the molecule is Nc1cc(-c2cccc(/C=C3\SC(=S)N(CCCCc4nn[nH]n4)C3=O)c2)cc2ccccc12. The minimum absolute atomic E-state index is 0.0464. The number of unbranched alkanes of at least 4 members (excludes halogenated alkanes) is 1. The molecule has 0 unspecified atom stereocenters. The molecular formula is C25H22N6OS2. The van der Waals surface area contributed by atoms with Gasteiger partial charge in [-0.2, -0.15) is 5.21 Å². The number of hydrogen-bond acceptors (Lipinski definition) is 7. The molecule has 9 heteroatoms. The van der Waals surface area contributed by atoms with Crippen LogP contribution in [0.25, 0.3) is 28.0 Å². The van der Waals surface area contributed by atoms with Crippen LogP contribution in [0.5, 0.6) is 0 Å². The van der Waals surface area contributed by atoms with Crippen molar-refractivity contribution in [2.75, 3.05) is 12.3 Å². The van der Waals surface area contributed by atoms with E-state index < -0.39 is 0 Å². The van der Waals surface area contributed by atoms with E-state index >= 15 is 0 Å². The van der Waals surface area contributed by atoms with Gasteiger partial charge in [-0.05, 0) is 59.2 Å². The maximum atomic E-state index is 13.0. The second kappa shape index (κ2) is 9.74. The lowest BCUT2D eigenvalue weighted by Crippen LogP contribution is -2.29. The molecule has 7 nitrogen and oxygen atoms in total. The summed E-state index contributed by atoms with van der Waals surface area (Å²) in [6.45, 7) is 0.580. The van der Waals surface area contributed by atoms with Gasteiger partial charge in [-0.1, -0.05) is 71.7 Å². The fourth-order valence-corrected chi connectivity index (χ4v) is 5.31. The standard InChI is InChI=1S/C25H22N6OS2/c26-21-15-19(14-18-7-1-2-9-20(18)21)17-8-5-6-16(12-17)13-22-24(32)31(25(33)34-22)11-4-3-10-23-27-29-30-28-23/h1-2,5-9,12-15H,3-4,10-11,26H2,(H,27,28,29,30)/b22-13-. The van der Waals surface area contributed by atoms with Gasteiger partial charge >= 0.3 is 0 Å². The van der Waals surface area contributed by atoms with E-state index in [4.69, 9.17) is 18.0 Å². The zero-order valence-corrected chi connectivity index (χ0v) is 19.9. The van der Waals surface area contributed by atoms with Crippen LogP contribution in [0.1, 0.15) is 24.2 Å². The van der Waals surface area contributed by atoms with Crippen LogP contribution < -0.4 is 5.73 Å². The molecule has 1 aliphatic rings. The molecule has 3 N–H and O–H groups in total. The van der Waals surface area contributed by atoms with Gasteiger partial charge in [0.15, 0.2) is 5.82 Å². The van der Waals surface area contributed by atoms with Crippen LogP contribution in [-0.2, 0) is 11.2 Å². The zero-order chi connectivity index (χ0) is 23.5. The number of aromatic nitrogens is 4. The van der Waals surface area contributed by atoms with Crippen molar-refractivity contribution < 1.29 is 4.79 Å². The van der Waals surface area contributed by atoms with E-state index in [9.17, 15) is 4.79 Å². The van der Waals surface area contributed by atoms with E-state index in [1.807, 2.05) is 42.5 Å². The van der Waals surface area contributed by atoms with Crippen molar-refractivity contribution in [3.8, 4) is 11.1 Å². The summed E-state index contributed by atoms with van der Waals surface area (Å²) in [6.07, 6.45) is 4.29. The molecule has 34 heavy (non-hydrogen) atoms. The van der Waals surface area contributed by atoms with Gasteiger partial charge in [-0.3, -0.25) is 9.69 Å². The Morgan fingerprint density at radius 3 is 2.79 bits per heavy atom. The number of fused-ring (bicyclic) bond motifs is 1. The Morgan fingerprint density at radius 2 is 1.94 bits per heavy atom. The number of nitrogens with zero attached hydrogens (tertiary/aromatic N) is 4. The van der Waals surface area contributed by atoms with Crippen molar-refractivity contribution in [2.24, 2.45) is 0 Å². The molecule has 0 bridgehead atoms. The molecular weight excluding hydrogens is 464 g/mol. The number of anilines is 1. The highest BCUT2D eigenvalue weighted by Crippen LogP contribution is 2.34. The van der Waals surface area contributed by atoms with Gasteiger partial charge in [-0.15, -0.1) is 10.2 Å². The predicted molar refractivity (Wildman–Crippen MR) is 141 cm³/mol. The van der Waals surface area contributed by atoms with Gasteiger partial charge < -0.3 is 5.73 Å². The number of amides is 1. The molecule has 0 atom stereocenters. The lowest BCUT2D eigenvalue weighted by molar-refractivity contribution is -0.122. The maximum absolute atomic E-state index is 13.0. The summed E-state index contributed by atoms with van der Waals surface area (Å²) in [7, 11) is 0. The number of nitrogen functional groups attached to an aromatic ring is 1. The van der Waals surface area contributed by atoms with Crippen molar-refractivity contribution in [1.82, 2.24) is 25.5 Å². The minimum Gasteiger partial charge on any atom is -0.398 e. The number of nitrogens with two attached hydrogens (primary N) is 1. The summed E-state index contributed by atoms with van der Waals surface area (Å²) in [5.74, 6) is 0.633. The highest BCUT2D eigenvalue weighted by atomic mass is 32.2. The van der Waals surface area contributed by atoms with Crippen molar-refractivity contribution in [1.29, 1.82) is 0 Å². The number of thioether (sulfide) groups is 1. The molecule has 0 spiro atoms. The van der Waals surface area contributed by atoms with Crippen LogP contribution in [0.3, 0.4) is 0 Å². The van der Waals surface area contributed by atoms with E-state index in [0.717, 1.165) is 46.0 Å². The quantitative estimate of drug-likeness (QED) is 0.167. The number of carbonyl (C=O) groups excluding carboxylic acids is 1. The lowest BCUT2D eigenvalue weighted by atomic mass is 9.98. The average molecular weight is 487 g/mol. The number of nitrogens with one attached hydrogen (secondary N) is 1. The topological polar surface area (TPSA) is 101 Å². The molecule has 3 aromatic carbocycles. The highest BCUT2D eigenvalue weighted by molar-refractivity contribution is 8.26. The Kier molecular flexibility index (Phi) is 6.37. The summed E-state index contributed by atoms with van der Waals surface area (Å²) in [5.41, 5.74) is 10.1. The van der Waals surface area contributed by atoms with Crippen LogP contribution in [-0.4, -0.2) is 42.3 Å². The number of aryl methyl sites for hydroxylation is 1. The average Bonchev–Trinajstić information content (AvgIpc) is 3.45. The largest absolute Gasteiger partial charge is 0.398 e. The molecule has 0 aliphatic carbocycles. The summed E-state index contributed by atoms with van der Waals surface area (Å²) in [5, 5.41) is 16.0. The van der Waals surface area contributed by atoms with Crippen molar-refractivity contribution in [3.05, 3.63) is 77.0 Å². The molecule has 2 heterocycles. The lowest BCUT2D eigenvalue weighted by Gasteiger charge is -2.13. The molecule has 4 aromatic rings. The first kappa shape index (κ1) is 22.2. The van der Waals surface area contributed by atoms with E-state index in [1.165, 1.54) is 11.8 Å². The van der Waals surface area contributed by atoms with Gasteiger partial charge in [0, 0.05) is 24.0 Å². The summed E-state index contributed by atoms with van der Waals surface area (Å²) < 4.78 is 0.592. The van der Waals surface area contributed by atoms with E-state index in [1.54, 1.807) is 4.90 Å². The van der Waals surface area contributed by atoms with Crippen LogP contribution in [0.4, 0.5) is 5.69 Å². The number of hydrogen-bond donors (Lipinski definition) is 2. The number of tetrazole rings is 1. The van der Waals surface area contributed by atoms with Crippen LogP contribution >= 0.6 is 24.0 Å². The normalized spacial score (nSPS) is 15.1. The van der Waals surface area contributed by atoms with Gasteiger partial charge in [-0.25, -0.2) is 0 Å². The smallest absolute Gasteiger partial charge is 0.266 e. The highest BCUT2D eigenvalue weighted by Gasteiger charge is 2.31. The predicted octanol–water partition coefficient (Wildman–Crippen LogP) is 4.83. The van der Waals surface area contributed by atoms with E-state index in [0.29, 0.717) is 28.0 Å². The van der Waals surface area contributed by atoms with Gasteiger partial charge in [0.2, 0.25) is 0 Å². The molecule has 0 radical (unpaired) electrons. The first-order chi connectivity index (χ1) is 16.6. The second-order valence-electron chi connectivity index (χ2n) is 8.03. The summed E-state index contributed by atoms with van der Waals surface area (Å²) in [4.78, 5) is 15.3. The molecule has 1 amide bonds. The first-order valence-electron chi connectivity index (χ1n) is 10.9. The molecule has 5 rings (SSSR count). The Labute approximate surface area is 206 Å². The Bertz CT molecular complexity index is 1400. The molecule has 1 saturated heterocycles. The molecule has 1 aromatic heterocycles. The van der Waals surface area contributed by atoms with E-state index in [2.05, 4.69) is 44.9 Å². The monoisotopic (exact) mass is 486 g/mol. The Balaban J connectivity index is 1.30. The number of carbonyl (C=O) groups is 1. The van der Waals surface area contributed by atoms with Crippen LogP contribution in [0.15, 0.2) is 65.6 Å². The third-order valence-electron chi connectivity index (χ3n) is 5.71. The molecule has 170 valence electrons. The van der Waals surface area contributed by atoms with Crippen molar-refractivity contribution in [2.45, 2.75) is 19.3 Å². The number of rotatable bonds is 7. The van der Waals surface area contributed by atoms with Gasteiger partial charge in [0.1, 0.15) is 4.32 Å². The fourth-order valence-electron chi connectivity index (χ4n) is 4.00. The fraction of sp³-hybridized carbons (Fsp3) is 0.160. The Morgan fingerprint density at radius 1 is 1.06 bits per heavy atom. The third kappa shape index (κ3) is 4.71. The molecule has 0 saturated carbocycles. The zero-order valence-electron chi connectivity index (χ0n) is 18.3. The van der Waals surface area contributed by atoms with Gasteiger partial charge in [0.05, 0.1) is 4.91 Å². The summed E-state index contributed by atoms with van der Waals surface area (Å²) >= 11 is 6.82. The second-order valence-corrected chi connectivity index (χ2v) is 9.71. The van der Waals surface area contributed by atoms with E-state index in [-0.39, 0.29) is 5.91 Å². The Hall–Kier alpha value is -3.56. The molecule has 1 aliphatic heterocycles. The number of aromatic amines is 1. The number of benzene rings is 3. The minimum atomic E-state index is -0.0464. The number of thiocarbonyl (C=S) groups is 1. The van der Waals surface area contributed by atoms with Crippen LogP contribution in [0.2, 0.25) is 0 Å². The van der Waals surface area contributed by atoms with Crippen molar-refractivity contribution >= 4 is 56.7 Å². The van der Waals surface area contributed by atoms with Crippen LogP contribution in [0, 0.1) is 0 Å². The molecule has 1 fully saturated rings. The van der Waals surface area contributed by atoms with Gasteiger partial charge in [0.25, 0.3) is 5.91 Å².